The molecule has 0 radical (unpaired) electrons. The summed E-state index contributed by atoms with van der Waals surface area (Å²) in [5.41, 5.74) is 1.54. The number of anilines is 2. The molecule has 0 aliphatic heterocycles. The Morgan fingerprint density at radius 3 is 2.63 bits per heavy atom. The summed E-state index contributed by atoms with van der Waals surface area (Å²) in [4.78, 5) is 25.9. The van der Waals surface area contributed by atoms with Gasteiger partial charge in [0, 0.05) is 30.3 Å². The lowest BCUT2D eigenvalue weighted by molar-refractivity contribution is -0.135. The van der Waals surface area contributed by atoms with Crippen molar-refractivity contribution in [2.24, 2.45) is 5.92 Å². The second-order valence-corrected chi connectivity index (χ2v) is 6.54. The average Bonchev–Trinajstić information content (AvgIpc) is 3.52. The van der Waals surface area contributed by atoms with E-state index in [1.807, 2.05) is 36.2 Å². The van der Waals surface area contributed by atoms with Crippen LogP contribution >= 0.6 is 0 Å². The van der Waals surface area contributed by atoms with Gasteiger partial charge in [0.1, 0.15) is 5.58 Å². The lowest BCUT2D eigenvalue weighted by Gasteiger charge is -2.22. The summed E-state index contributed by atoms with van der Waals surface area (Å²) in [6.45, 7) is 0. The molecule has 1 aliphatic carbocycles. The van der Waals surface area contributed by atoms with E-state index < -0.39 is 5.63 Å². The molecule has 0 saturated heterocycles. The number of para-hydroxylation sites is 1. The summed E-state index contributed by atoms with van der Waals surface area (Å²) in [6.07, 6.45) is 1.74. The summed E-state index contributed by atoms with van der Waals surface area (Å²) in [6, 6.07) is 14.1. The maximum Gasteiger partial charge on any atom is 0.338 e. The molecular weight excluding hydrogens is 346 g/mol. The van der Waals surface area contributed by atoms with E-state index in [1.54, 1.807) is 18.2 Å². The number of fused-ring (bicyclic) bond motifs is 1. The Morgan fingerprint density at radius 2 is 1.89 bits per heavy atom. The zero-order chi connectivity index (χ0) is 19.0. The van der Waals surface area contributed by atoms with Crippen molar-refractivity contribution in [3.05, 3.63) is 59.0 Å². The standard InChI is InChI=1S/C21H19NO5/c1-22(16-12-20(23)26-17-6-4-3-5-15(16)17)14-9-10-18(25-2)19(11-14)27-21(24)13-7-8-13/h3-6,9-13H,7-8H2,1-2H3. The highest BCUT2D eigenvalue weighted by atomic mass is 16.6. The molecule has 0 atom stereocenters. The number of ether oxygens (including phenoxy) is 2. The predicted molar refractivity (Wildman–Crippen MR) is 102 cm³/mol. The van der Waals surface area contributed by atoms with Gasteiger partial charge < -0.3 is 18.8 Å². The lowest BCUT2D eigenvalue weighted by Crippen LogP contribution is -2.14. The topological polar surface area (TPSA) is 69.0 Å². The molecule has 0 N–H and O–H groups in total. The first-order chi connectivity index (χ1) is 13.1. The monoisotopic (exact) mass is 365 g/mol. The molecule has 1 fully saturated rings. The zero-order valence-corrected chi connectivity index (χ0v) is 15.1. The van der Waals surface area contributed by atoms with E-state index >= 15 is 0 Å². The van der Waals surface area contributed by atoms with Gasteiger partial charge in [-0.05, 0) is 37.1 Å². The Hall–Kier alpha value is -3.28. The maximum atomic E-state index is 12.1. The predicted octanol–water partition coefficient (Wildman–Crippen LogP) is 3.88. The minimum absolute atomic E-state index is 0.0150. The van der Waals surface area contributed by atoms with Gasteiger partial charge >= 0.3 is 11.6 Å². The fourth-order valence-corrected chi connectivity index (χ4v) is 2.98. The molecule has 1 heterocycles. The van der Waals surface area contributed by atoms with Crippen molar-refractivity contribution in [2.45, 2.75) is 12.8 Å². The molecule has 1 saturated carbocycles. The van der Waals surface area contributed by atoms with Gasteiger partial charge in [0.05, 0.1) is 18.7 Å². The number of rotatable bonds is 5. The lowest BCUT2D eigenvalue weighted by atomic mass is 10.1. The highest BCUT2D eigenvalue weighted by Crippen LogP contribution is 2.38. The van der Waals surface area contributed by atoms with E-state index in [-0.39, 0.29) is 11.9 Å². The van der Waals surface area contributed by atoms with Crippen LogP contribution in [-0.4, -0.2) is 20.1 Å². The number of hydrogen-bond acceptors (Lipinski definition) is 6. The van der Waals surface area contributed by atoms with Gasteiger partial charge in [-0.3, -0.25) is 4.79 Å². The fraction of sp³-hybridized carbons (Fsp3) is 0.238. The first-order valence-electron chi connectivity index (χ1n) is 8.73. The second-order valence-electron chi connectivity index (χ2n) is 6.54. The summed E-state index contributed by atoms with van der Waals surface area (Å²) in [5, 5.41) is 0.812. The van der Waals surface area contributed by atoms with Gasteiger partial charge in [-0.1, -0.05) is 12.1 Å². The third kappa shape index (κ3) is 3.38. The number of carbonyl (C=O) groups is 1. The van der Waals surface area contributed by atoms with Gasteiger partial charge in [-0.15, -0.1) is 0 Å². The van der Waals surface area contributed by atoms with Crippen molar-refractivity contribution in [3.63, 3.8) is 0 Å². The molecule has 0 amide bonds. The van der Waals surface area contributed by atoms with Crippen molar-refractivity contribution in [3.8, 4) is 11.5 Å². The van der Waals surface area contributed by atoms with Gasteiger partial charge in [0.15, 0.2) is 11.5 Å². The zero-order valence-electron chi connectivity index (χ0n) is 15.1. The van der Waals surface area contributed by atoms with Crippen LogP contribution in [0.4, 0.5) is 11.4 Å². The van der Waals surface area contributed by atoms with Gasteiger partial charge in [0.25, 0.3) is 0 Å². The van der Waals surface area contributed by atoms with E-state index in [4.69, 9.17) is 13.9 Å². The Kier molecular flexibility index (Phi) is 4.32. The van der Waals surface area contributed by atoms with E-state index in [2.05, 4.69) is 0 Å². The van der Waals surface area contributed by atoms with Crippen molar-refractivity contribution in [2.75, 3.05) is 19.1 Å². The van der Waals surface area contributed by atoms with E-state index in [1.165, 1.54) is 13.2 Å². The fourth-order valence-electron chi connectivity index (χ4n) is 2.98. The van der Waals surface area contributed by atoms with E-state index in [0.29, 0.717) is 22.8 Å². The average molecular weight is 365 g/mol. The highest BCUT2D eigenvalue weighted by molar-refractivity contribution is 5.92. The maximum absolute atomic E-state index is 12.1. The largest absolute Gasteiger partial charge is 0.493 e. The SMILES string of the molecule is COc1ccc(N(C)c2cc(=O)oc3ccccc23)cc1OC(=O)C1CC1. The minimum atomic E-state index is -0.426. The highest BCUT2D eigenvalue weighted by Gasteiger charge is 2.32. The number of benzene rings is 2. The third-order valence-corrected chi connectivity index (χ3v) is 4.65. The molecule has 6 heteroatoms. The van der Waals surface area contributed by atoms with Crippen molar-refractivity contribution >= 4 is 28.3 Å². The molecule has 1 aliphatic rings. The molecule has 0 bridgehead atoms. The first-order valence-corrected chi connectivity index (χ1v) is 8.73. The van der Waals surface area contributed by atoms with Crippen molar-refractivity contribution in [1.29, 1.82) is 0 Å². The Morgan fingerprint density at radius 1 is 1.11 bits per heavy atom. The number of hydrogen-bond donors (Lipinski definition) is 0. The Balaban J connectivity index is 1.74. The van der Waals surface area contributed by atoms with Crippen LogP contribution in [-0.2, 0) is 4.79 Å². The third-order valence-electron chi connectivity index (χ3n) is 4.65. The first kappa shape index (κ1) is 17.1. The Bertz CT molecular complexity index is 1070. The van der Waals surface area contributed by atoms with E-state index in [0.717, 1.165) is 23.9 Å². The van der Waals surface area contributed by atoms with Crippen molar-refractivity contribution < 1.29 is 18.7 Å². The van der Waals surface area contributed by atoms with Crippen LogP contribution in [0, 0.1) is 5.92 Å². The summed E-state index contributed by atoms with van der Waals surface area (Å²) >= 11 is 0. The number of esters is 1. The Labute approximate surface area is 155 Å². The van der Waals surface area contributed by atoms with Gasteiger partial charge in [0.2, 0.25) is 0 Å². The van der Waals surface area contributed by atoms with Gasteiger partial charge in [-0.2, -0.15) is 0 Å². The number of methoxy groups -OCH3 is 1. The molecule has 2 aromatic carbocycles. The summed E-state index contributed by atoms with van der Waals surface area (Å²) < 4.78 is 16.1. The normalized spacial score (nSPS) is 13.4. The molecule has 1 aromatic heterocycles. The summed E-state index contributed by atoms with van der Waals surface area (Å²) in [7, 11) is 3.37. The van der Waals surface area contributed by atoms with Crippen LogP contribution in [0.2, 0.25) is 0 Å². The summed E-state index contributed by atoms with van der Waals surface area (Å²) in [5.74, 6) is 0.599. The van der Waals surface area contributed by atoms with Crippen LogP contribution in [0.5, 0.6) is 11.5 Å². The van der Waals surface area contributed by atoms with Crippen LogP contribution in [0.1, 0.15) is 12.8 Å². The smallest absolute Gasteiger partial charge is 0.338 e. The second kappa shape index (κ2) is 6.79. The van der Waals surface area contributed by atoms with Crippen LogP contribution in [0.25, 0.3) is 11.0 Å². The van der Waals surface area contributed by atoms with E-state index in [9.17, 15) is 9.59 Å². The van der Waals surface area contributed by atoms with Crippen molar-refractivity contribution in [1.82, 2.24) is 0 Å². The van der Waals surface area contributed by atoms with Crippen LogP contribution in [0.15, 0.2) is 57.7 Å². The number of carbonyl (C=O) groups excluding carboxylic acids is 1. The molecule has 6 nitrogen and oxygen atoms in total. The minimum Gasteiger partial charge on any atom is -0.493 e. The molecule has 3 aromatic rings. The van der Waals surface area contributed by atoms with Gasteiger partial charge in [-0.25, -0.2) is 4.79 Å². The van der Waals surface area contributed by atoms with Crippen LogP contribution < -0.4 is 20.0 Å². The molecular formula is C21H19NO5. The molecule has 4 rings (SSSR count). The molecule has 138 valence electrons. The quantitative estimate of drug-likeness (QED) is 0.388. The molecule has 0 spiro atoms. The molecule has 0 unspecified atom stereocenters. The molecule has 27 heavy (non-hydrogen) atoms. The van der Waals surface area contributed by atoms with Crippen LogP contribution in [0.3, 0.4) is 0 Å². The number of nitrogens with zero attached hydrogens (tertiary/aromatic N) is 1.